The van der Waals surface area contributed by atoms with Gasteiger partial charge in [0.2, 0.25) is 0 Å². The number of thioether (sulfide) groups is 1. The summed E-state index contributed by atoms with van der Waals surface area (Å²) in [6.07, 6.45) is 0. The van der Waals surface area contributed by atoms with Crippen molar-refractivity contribution in [2.24, 2.45) is 4.99 Å². The number of rotatable bonds is 5. The second kappa shape index (κ2) is 8.47. The first-order valence-corrected chi connectivity index (χ1v) is 9.49. The Morgan fingerprint density at radius 3 is 2.42 bits per heavy atom. The maximum atomic E-state index is 12.9. The molecule has 5 nitrogen and oxygen atoms in total. The molecule has 0 radical (unpaired) electrons. The lowest BCUT2D eigenvalue weighted by atomic mass is 10.3. The summed E-state index contributed by atoms with van der Waals surface area (Å²) in [6, 6.07) is 14.4. The van der Waals surface area contributed by atoms with Crippen molar-refractivity contribution in [1.29, 1.82) is 0 Å². The van der Waals surface area contributed by atoms with Gasteiger partial charge in [0, 0.05) is 10.8 Å². The second-order valence-corrected chi connectivity index (χ2v) is 7.17. The SMILES string of the molecule is COc1ccc(OCC(=O)N(C2=N[C@H](C)CS2)c2ccc(Cl)cc2)cc1. The van der Waals surface area contributed by atoms with Gasteiger partial charge in [-0.25, -0.2) is 0 Å². The second-order valence-electron chi connectivity index (χ2n) is 5.74. The third-order valence-corrected chi connectivity index (χ3v) is 5.18. The first kappa shape index (κ1) is 18.6. The van der Waals surface area contributed by atoms with E-state index in [9.17, 15) is 4.79 Å². The standard InChI is InChI=1S/C19H19ClN2O3S/c1-13-12-26-19(21-13)22(15-5-3-14(20)4-6-15)18(23)11-25-17-9-7-16(24-2)8-10-17/h3-10,13H,11-12H2,1-2H3/t13-/m1/s1. The van der Waals surface area contributed by atoms with Crippen molar-refractivity contribution in [3.8, 4) is 11.5 Å². The highest BCUT2D eigenvalue weighted by atomic mass is 35.5. The summed E-state index contributed by atoms with van der Waals surface area (Å²) < 4.78 is 10.8. The number of carbonyl (C=O) groups is 1. The molecule has 0 aromatic heterocycles. The number of ether oxygens (including phenoxy) is 2. The first-order chi connectivity index (χ1) is 12.6. The quantitative estimate of drug-likeness (QED) is 0.765. The number of hydrogen-bond acceptors (Lipinski definition) is 5. The van der Waals surface area contributed by atoms with Crippen LogP contribution in [0.2, 0.25) is 5.02 Å². The lowest BCUT2D eigenvalue weighted by Gasteiger charge is -2.22. The Balaban J connectivity index is 1.76. The van der Waals surface area contributed by atoms with Crippen LogP contribution in [0.15, 0.2) is 53.5 Å². The minimum Gasteiger partial charge on any atom is -0.497 e. The van der Waals surface area contributed by atoms with Crippen LogP contribution in [0.4, 0.5) is 5.69 Å². The predicted molar refractivity (Wildman–Crippen MR) is 107 cm³/mol. The zero-order chi connectivity index (χ0) is 18.5. The molecule has 2 aromatic carbocycles. The Bertz CT molecular complexity index is 793. The highest BCUT2D eigenvalue weighted by molar-refractivity contribution is 8.14. The number of halogens is 1. The van der Waals surface area contributed by atoms with Crippen LogP contribution >= 0.6 is 23.4 Å². The lowest BCUT2D eigenvalue weighted by molar-refractivity contribution is -0.119. The molecule has 0 bridgehead atoms. The predicted octanol–water partition coefficient (Wildman–Crippen LogP) is 4.25. The van der Waals surface area contributed by atoms with E-state index >= 15 is 0 Å². The molecule has 0 unspecified atom stereocenters. The van der Waals surface area contributed by atoms with Gasteiger partial charge in [0.1, 0.15) is 11.5 Å². The van der Waals surface area contributed by atoms with E-state index < -0.39 is 0 Å². The molecule has 136 valence electrons. The third-order valence-electron chi connectivity index (χ3n) is 3.73. The number of nitrogens with zero attached hydrogens (tertiary/aromatic N) is 2. The molecule has 2 aromatic rings. The summed E-state index contributed by atoms with van der Waals surface area (Å²) in [6.45, 7) is 1.93. The summed E-state index contributed by atoms with van der Waals surface area (Å²) in [7, 11) is 1.60. The Hall–Kier alpha value is -2.18. The fraction of sp³-hybridized carbons (Fsp3) is 0.263. The van der Waals surface area contributed by atoms with Crippen LogP contribution in [0, 0.1) is 0 Å². The molecule has 0 aliphatic carbocycles. The largest absolute Gasteiger partial charge is 0.497 e. The summed E-state index contributed by atoms with van der Waals surface area (Å²) in [5, 5.41) is 1.30. The van der Waals surface area contributed by atoms with Crippen molar-refractivity contribution < 1.29 is 14.3 Å². The van der Waals surface area contributed by atoms with Crippen molar-refractivity contribution in [2.45, 2.75) is 13.0 Å². The lowest BCUT2D eigenvalue weighted by Crippen LogP contribution is -2.38. The maximum Gasteiger partial charge on any atom is 0.271 e. The highest BCUT2D eigenvalue weighted by Crippen LogP contribution is 2.27. The zero-order valence-corrected chi connectivity index (χ0v) is 16.1. The van der Waals surface area contributed by atoms with Gasteiger partial charge in [-0.3, -0.25) is 14.7 Å². The molecule has 1 heterocycles. The molecule has 3 rings (SSSR count). The highest BCUT2D eigenvalue weighted by Gasteiger charge is 2.27. The fourth-order valence-corrected chi connectivity index (χ4v) is 3.59. The molecule has 1 atom stereocenters. The van der Waals surface area contributed by atoms with Gasteiger partial charge < -0.3 is 9.47 Å². The topological polar surface area (TPSA) is 51.1 Å². The average Bonchev–Trinajstić information content (AvgIpc) is 3.08. The number of hydrogen-bond donors (Lipinski definition) is 0. The fourth-order valence-electron chi connectivity index (χ4n) is 2.41. The molecule has 0 saturated heterocycles. The summed E-state index contributed by atoms with van der Waals surface area (Å²) in [4.78, 5) is 19.0. The number of benzene rings is 2. The number of anilines is 1. The summed E-state index contributed by atoms with van der Waals surface area (Å²) in [5.74, 6) is 2.00. The maximum absolute atomic E-state index is 12.9. The first-order valence-electron chi connectivity index (χ1n) is 8.13. The van der Waals surface area contributed by atoms with Gasteiger partial charge in [-0.1, -0.05) is 23.4 Å². The molecule has 26 heavy (non-hydrogen) atoms. The van der Waals surface area contributed by atoms with Crippen LogP contribution < -0.4 is 14.4 Å². The molecule has 1 aliphatic rings. The summed E-state index contributed by atoms with van der Waals surface area (Å²) >= 11 is 7.53. The number of amides is 1. The molecule has 0 fully saturated rings. The van der Waals surface area contributed by atoms with Crippen molar-refractivity contribution in [3.05, 3.63) is 53.6 Å². The molecule has 0 N–H and O–H groups in total. The van der Waals surface area contributed by atoms with Crippen molar-refractivity contribution in [3.63, 3.8) is 0 Å². The molecule has 7 heteroatoms. The Kier molecular flexibility index (Phi) is 6.06. The van der Waals surface area contributed by atoms with Gasteiger partial charge in [0.05, 0.1) is 18.8 Å². The van der Waals surface area contributed by atoms with E-state index in [1.54, 1.807) is 72.3 Å². The molecular formula is C19H19ClN2O3S. The van der Waals surface area contributed by atoms with Gasteiger partial charge in [-0.2, -0.15) is 0 Å². The van der Waals surface area contributed by atoms with E-state index in [0.29, 0.717) is 15.9 Å². The van der Waals surface area contributed by atoms with Crippen LogP contribution in [-0.4, -0.2) is 36.6 Å². The van der Waals surface area contributed by atoms with Crippen molar-refractivity contribution in [2.75, 3.05) is 24.4 Å². The van der Waals surface area contributed by atoms with Gasteiger partial charge in [-0.15, -0.1) is 0 Å². The molecule has 0 saturated carbocycles. The van der Waals surface area contributed by atoms with Crippen LogP contribution in [0.3, 0.4) is 0 Å². The summed E-state index contributed by atoms with van der Waals surface area (Å²) in [5.41, 5.74) is 0.720. The number of carbonyl (C=O) groups excluding carboxylic acids is 1. The van der Waals surface area contributed by atoms with Crippen molar-refractivity contribution in [1.82, 2.24) is 0 Å². The minimum absolute atomic E-state index is 0.0943. The van der Waals surface area contributed by atoms with Crippen LogP contribution in [0.1, 0.15) is 6.92 Å². The van der Waals surface area contributed by atoms with E-state index in [2.05, 4.69) is 4.99 Å². The smallest absolute Gasteiger partial charge is 0.271 e. The van der Waals surface area contributed by atoms with E-state index in [1.807, 2.05) is 6.92 Å². The third kappa shape index (κ3) is 4.51. The Morgan fingerprint density at radius 2 is 1.85 bits per heavy atom. The molecule has 1 aliphatic heterocycles. The molecular weight excluding hydrogens is 372 g/mol. The van der Waals surface area contributed by atoms with Crippen LogP contribution in [0.5, 0.6) is 11.5 Å². The number of amidine groups is 1. The molecule has 1 amide bonds. The van der Waals surface area contributed by atoms with Gasteiger partial charge in [-0.05, 0) is 55.5 Å². The van der Waals surface area contributed by atoms with Gasteiger partial charge >= 0.3 is 0 Å². The van der Waals surface area contributed by atoms with Gasteiger partial charge in [0.15, 0.2) is 11.8 Å². The van der Waals surface area contributed by atoms with E-state index in [0.717, 1.165) is 17.2 Å². The van der Waals surface area contributed by atoms with E-state index in [1.165, 1.54) is 0 Å². The number of methoxy groups -OCH3 is 1. The van der Waals surface area contributed by atoms with Gasteiger partial charge in [0.25, 0.3) is 5.91 Å². The normalized spacial score (nSPS) is 16.1. The Morgan fingerprint density at radius 1 is 1.19 bits per heavy atom. The van der Waals surface area contributed by atoms with E-state index in [4.69, 9.17) is 21.1 Å². The van der Waals surface area contributed by atoms with Crippen LogP contribution in [-0.2, 0) is 4.79 Å². The minimum atomic E-state index is -0.191. The van der Waals surface area contributed by atoms with E-state index in [-0.39, 0.29) is 18.6 Å². The average molecular weight is 391 g/mol. The zero-order valence-electron chi connectivity index (χ0n) is 14.5. The Labute approximate surface area is 162 Å². The number of aliphatic imine (C=N–C) groups is 1. The monoisotopic (exact) mass is 390 g/mol. The van der Waals surface area contributed by atoms with Crippen LogP contribution in [0.25, 0.3) is 0 Å². The molecule has 0 spiro atoms. The van der Waals surface area contributed by atoms with Crippen molar-refractivity contribution >= 4 is 40.1 Å².